The van der Waals surface area contributed by atoms with E-state index in [-0.39, 0.29) is 11.4 Å². The number of hydrogen-bond donors (Lipinski definition) is 0. The van der Waals surface area contributed by atoms with E-state index < -0.39 is 5.60 Å². The van der Waals surface area contributed by atoms with Crippen molar-refractivity contribution in [1.29, 1.82) is 0 Å². The van der Waals surface area contributed by atoms with E-state index in [1.54, 1.807) is 6.07 Å². The van der Waals surface area contributed by atoms with Gasteiger partial charge >= 0.3 is 5.97 Å². The van der Waals surface area contributed by atoms with E-state index in [1.165, 1.54) is 5.56 Å². The number of benzene rings is 2. The summed E-state index contributed by atoms with van der Waals surface area (Å²) in [5.41, 5.74) is 1.75. The number of esters is 1. The third-order valence-electron chi connectivity index (χ3n) is 6.30. The first-order valence-corrected chi connectivity index (χ1v) is 12.2. The van der Waals surface area contributed by atoms with Gasteiger partial charge in [-0.05, 0) is 64.9 Å². The quantitative estimate of drug-likeness (QED) is 0.461. The lowest BCUT2D eigenvalue weighted by Crippen LogP contribution is -2.44. The first-order chi connectivity index (χ1) is 15.6. The molecule has 0 amide bonds. The van der Waals surface area contributed by atoms with Crippen LogP contribution in [-0.2, 0) is 21.6 Å². The number of carbonyl (C=O) groups is 1. The van der Waals surface area contributed by atoms with Crippen molar-refractivity contribution in [1.82, 2.24) is 4.90 Å². The SMILES string of the molecule is CC(C)(C)OC(=O)CCN1CCC2(CC1)COc1cc(OCc3ccc(Cl)cc3Cl)ccc12. The number of fused-ring (bicyclic) bond motifs is 2. The summed E-state index contributed by atoms with van der Waals surface area (Å²) in [5, 5.41) is 1.20. The molecule has 2 heterocycles. The summed E-state index contributed by atoms with van der Waals surface area (Å²) >= 11 is 12.2. The number of nitrogens with zero attached hydrogens (tertiary/aromatic N) is 1. The minimum absolute atomic E-state index is 0.0375. The van der Waals surface area contributed by atoms with Crippen LogP contribution < -0.4 is 9.47 Å². The van der Waals surface area contributed by atoms with E-state index in [1.807, 2.05) is 45.0 Å². The summed E-state index contributed by atoms with van der Waals surface area (Å²) in [4.78, 5) is 14.4. The van der Waals surface area contributed by atoms with Crippen molar-refractivity contribution in [2.24, 2.45) is 0 Å². The molecule has 1 fully saturated rings. The lowest BCUT2D eigenvalue weighted by molar-refractivity contribution is -0.155. The van der Waals surface area contributed by atoms with Crippen molar-refractivity contribution in [2.75, 3.05) is 26.2 Å². The minimum Gasteiger partial charge on any atom is -0.492 e. The monoisotopic (exact) mass is 491 g/mol. The van der Waals surface area contributed by atoms with E-state index >= 15 is 0 Å². The average molecular weight is 492 g/mol. The third kappa shape index (κ3) is 5.95. The highest BCUT2D eigenvalue weighted by Crippen LogP contribution is 2.46. The summed E-state index contributed by atoms with van der Waals surface area (Å²) in [6.07, 6.45) is 2.44. The standard InChI is InChI=1S/C26H31Cl2NO4/c1-25(2,3)33-24(30)8-11-29-12-9-26(10-13-29)17-32-23-15-20(6-7-21(23)26)31-16-18-4-5-19(27)14-22(18)28/h4-7,14-15H,8-13,16-17H2,1-3H3. The molecule has 0 aliphatic carbocycles. The first kappa shape index (κ1) is 24.2. The van der Waals surface area contributed by atoms with Crippen LogP contribution in [0.15, 0.2) is 36.4 Å². The number of halogens is 2. The molecule has 7 heteroatoms. The molecule has 5 nitrogen and oxygen atoms in total. The summed E-state index contributed by atoms with van der Waals surface area (Å²) in [7, 11) is 0. The highest BCUT2D eigenvalue weighted by molar-refractivity contribution is 6.35. The highest BCUT2D eigenvalue weighted by Gasteiger charge is 2.43. The summed E-state index contributed by atoms with van der Waals surface area (Å²) in [6.45, 7) is 9.38. The van der Waals surface area contributed by atoms with Gasteiger partial charge in [0, 0.05) is 39.2 Å². The predicted octanol–water partition coefficient (Wildman–Crippen LogP) is 6.03. The molecule has 0 aromatic heterocycles. The van der Waals surface area contributed by atoms with Gasteiger partial charge in [-0.1, -0.05) is 35.3 Å². The molecule has 0 radical (unpaired) electrons. The second-order valence-electron chi connectivity index (χ2n) is 9.93. The van der Waals surface area contributed by atoms with Gasteiger partial charge in [0.05, 0.1) is 13.0 Å². The van der Waals surface area contributed by atoms with E-state index in [2.05, 4.69) is 11.0 Å². The van der Waals surface area contributed by atoms with Gasteiger partial charge in [0.25, 0.3) is 0 Å². The molecule has 0 N–H and O–H groups in total. The van der Waals surface area contributed by atoms with Crippen molar-refractivity contribution in [3.63, 3.8) is 0 Å². The van der Waals surface area contributed by atoms with Gasteiger partial charge in [0.15, 0.2) is 0 Å². The number of hydrogen-bond acceptors (Lipinski definition) is 5. The lowest BCUT2D eigenvalue weighted by atomic mass is 9.74. The Balaban J connectivity index is 1.32. The fraction of sp³-hybridized carbons (Fsp3) is 0.500. The second kappa shape index (κ2) is 9.73. The maximum absolute atomic E-state index is 12.0. The maximum Gasteiger partial charge on any atom is 0.307 e. The molecule has 1 saturated heterocycles. The summed E-state index contributed by atoms with van der Waals surface area (Å²) in [5.74, 6) is 1.52. The largest absolute Gasteiger partial charge is 0.492 e. The Morgan fingerprint density at radius 2 is 1.88 bits per heavy atom. The molecule has 0 bridgehead atoms. The molecule has 0 unspecified atom stereocenters. The Kier molecular flexibility index (Phi) is 7.13. The molecule has 33 heavy (non-hydrogen) atoms. The molecule has 0 atom stereocenters. The molecule has 2 aromatic rings. The topological polar surface area (TPSA) is 48.0 Å². The van der Waals surface area contributed by atoms with Crippen molar-refractivity contribution >= 4 is 29.2 Å². The lowest BCUT2D eigenvalue weighted by Gasteiger charge is -2.38. The Hall–Kier alpha value is -1.95. The Morgan fingerprint density at radius 3 is 2.58 bits per heavy atom. The number of piperidine rings is 1. The molecule has 0 saturated carbocycles. The maximum atomic E-state index is 12.0. The number of ether oxygens (including phenoxy) is 3. The van der Waals surface area contributed by atoms with Gasteiger partial charge < -0.3 is 19.1 Å². The van der Waals surface area contributed by atoms with Crippen molar-refractivity contribution in [2.45, 2.75) is 57.7 Å². The van der Waals surface area contributed by atoms with Crippen LogP contribution in [0.3, 0.4) is 0 Å². The molecule has 2 aliphatic rings. The van der Waals surface area contributed by atoms with Crippen LogP contribution in [0.4, 0.5) is 0 Å². The van der Waals surface area contributed by atoms with Crippen LogP contribution in [0.1, 0.15) is 51.2 Å². The van der Waals surface area contributed by atoms with Crippen LogP contribution in [0, 0.1) is 0 Å². The number of likely N-dealkylation sites (tertiary alicyclic amines) is 1. The number of carbonyl (C=O) groups excluding carboxylic acids is 1. The highest BCUT2D eigenvalue weighted by atomic mass is 35.5. The van der Waals surface area contributed by atoms with E-state index in [0.717, 1.165) is 49.5 Å². The second-order valence-corrected chi connectivity index (χ2v) is 10.8. The molecule has 4 rings (SSSR count). The first-order valence-electron chi connectivity index (χ1n) is 11.4. The van der Waals surface area contributed by atoms with Gasteiger partial charge in [0.1, 0.15) is 23.7 Å². The fourth-order valence-electron chi connectivity index (χ4n) is 4.50. The van der Waals surface area contributed by atoms with Crippen LogP contribution in [0.25, 0.3) is 0 Å². The Morgan fingerprint density at radius 1 is 1.12 bits per heavy atom. The van der Waals surface area contributed by atoms with Gasteiger partial charge in [-0.25, -0.2) is 0 Å². The summed E-state index contributed by atoms with van der Waals surface area (Å²) in [6, 6.07) is 11.5. The molecule has 178 valence electrons. The van der Waals surface area contributed by atoms with Gasteiger partial charge in [0.2, 0.25) is 0 Å². The minimum atomic E-state index is -0.433. The normalized spacial score (nSPS) is 17.5. The van der Waals surface area contributed by atoms with Crippen molar-refractivity contribution < 1.29 is 19.0 Å². The molecular formula is C26H31Cl2NO4. The zero-order chi connectivity index (χ0) is 23.6. The van der Waals surface area contributed by atoms with Crippen LogP contribution >= 0.6 is 23.2 Å². The molecular weight excluding hydrogens is 461 g/mol. The van der Waals surface area contributed by atoms with Crippen LogP contribution in [0.2, 0.25) is 10.0 Å². The predicted molar refractivity (Wildman–Crippen MR) is 131 cm³/mol. The zero-order valence-corrected chi connectivity index (χ0v) is 21.0. The molecule has 2 aliphatic heterocycles. The van der Waals surface area contributed by atoms with Crippen molar-refractivity contribution in [3.8, 4) is 11.5 Å². The molecule has 2 aromatic carbocycles. The Bertz CT molecular complexity index is 1010. The average Bonchev–Trinajstić information content (AvgIpc) is 3.09. The van der Waals surface area contributed by atoms with Crippen LogP contribution in [0.5, 0.6) is 11.5 Å². The Labute approximate surface area is 205 Å². The van der Waals surface area contributed by atoms with Crippen molar-refractivity contribution in [3.05, 3.63) is 57.6 Å². The van der Waals surface area contributed by atoms with Crippen LogP contribution in [-0.4, -0.2) is 42.7 Å². The van der Waals surface area contributed by atoms with Gasteiger partial charge in [-0.2, -0.15) is 0 Å². The molecule has 1 spiro atoms. The zero-order valence-electron chi connectivity index (χ0n) is 19.5. The van der Waals surface area contributed by atoms with Gasteiger partial charge in [-0.15, -0.1) is 0 Å². The fourth-order valence-corrected chi connectivity index (χ4v) is 4.97. The number of rotatable bonds is 6. The third-order valence-corrected chi connectivity index (χ3v) is 6.89. The summed E-state index contributed by atoms with van der Waals surface area (Å²) < 4.78 is 17.5. The van der Waals surface area contributed by atoms with Gasteiger partial charge in [-0.3, -0.25) is 4.79 Å². The smallest absolute Gasteiger partial charge is 0.307 e. The van der Waals surface area contributed by atoms with E-state index in [0.29, 0.717) is 29.7 Å². The van der Waals surface area contributed by atoms with E-state index in [9.17, 15) is 4.79 Å². The van der Waals surface area contributed by atoms with E-state index in [4.69, 9.17) is 37.4 Å².